The largest absolute Gasteiger partial charge is 1.00 e. The third kappa shape index (κ3) is 54.4. The van der Waals surface area contributed by atoms with Crippen LogP contribution in [0.4, 0.5) is 85.3 Å². The third-order valence-corrected chi connectivity index (χ3v) is 15.0. The zero-order chi connectivity index (χ0) is 90.7. The Morgan fingerprint density at radius 1 is 0.469 bits per heavy atom. The van der Waals surface area contributed by atoms with Gasteiger partial charge in [-0.1, -0.05) is 142 Å². The van der Waals surface area contributed by atoms with E-state index in [0.717, 1.165) is 38.9 Å². The van der Waals surface area contributed by atoms with E-state index in [2.05, 4.69) is 105 Å². The van der Waals surface area contributed by atoms with Crippen molar-refractivity contribution >= 4 is 151 Å². The summed E-state index contributed by atoms with van der Waals surface area (Å²) in [4.78, 5) is 92.9. The molecule has 3 amide bonds. The number of ether oxygens (including phenoxy) is 4. The van der Waals surface area contributed by atoms with Gasteiger partial charge in [-0.25, -0.2) is 28.3 Å². The molecule has 4 aromatic carbocycles. The number of hydrogen-bond acceptors (Lipinski definition) is 25. The second kappa shape index (κ2) is 69.9. The van der Waals surface area contributed by atoms with E-state index in [1.165, 1.54) is 56.2 Å². The smallest absolute Gasteiger partial charge is 1.00 e. The third-order valence-electron chi connectivity index (χ3n) is 14.9. The fourth-order valence-electron chi connectivity index (χ4n) is 9.51. The minimum atomic E-state index is -3.67. The molecule has 0 aliphatic carbocycles. The van der Waals surface area contributed by atoms with Crippen LogP contribution in [0.1, 0.15) is 65.9 Å². The average molecular weight is 1810 g/mol. The molecule has 8 heterocycles. The predicted molar refractivity (Wildman–Crippen MR) is 483 cm³/mol. The molecule has 0 spiro atoms. The van der Waals surface area contributed by atoms with Gasteiger partial charge in [0.2, 0.25) is 0 Å². The number of amides is 3. The van der Waals surface area contributed by atoms with Crippen LogP contribution < -0.4 is 77.9 Å². The van der Waals surface area contributed by atoms with Crippen LogP contribution in [0, 0.1) is 0 Å². The molecule has 0 saturated heterocycles. The van der Waals surface area contributed by atoms with E-state index >= 15 is 0 Å². The van der Waals surface area contributed by atoms with Crippen molar-refractivity contribution < 1.29 is 129 Å². The molecule has 676 valence electrons. The zero-order valence-electron chi connectivity index (χ0n) is 73.0. The number of aromatic nitrogens is 8. The first-order valence-corrected chi connectivity index (χ1v) is 37.6. The molecule has 13 N–H and O–H groups in total. The van der Waals surface area contributed by atoms with Crippen molar-refractivity contribution in [3.05, 3.63) is 283 Å². The number of nitrogens with zero attached hydrogens (tertiary/aromatic N) is 12. The number of anilines is 7. The molecule has 12 rings (SSSR count). The molecule has 4 radical (unpaired) electrons. The number of allylic oxidation sites excluding steroid dienone is 1. The van der Waals surface area contributed by atoms with E-state index in [0.29, 0.717) is 79.3 Å². The van der Waals surface area contributed by atoms with Crippen molar-refractivity contribution in [1.29, 1.82) is 0 Å². The van der Waals surface area contributed by atoms with Crippen LogP contribution >= 0.6 is 11.6 Å². The predicted octanol–water partition coefficient (Wildman–Crippen LogP) is 5.69. The molecule has 0 aliphatic rings. The van der Waals surface area contributed by atoms with Gasteiger partial charge < -0.3 is 72.7 Å². The summed E-state index contributed by atoms with van der Waals surface area (Å²) in [6.07, 6.45) is 20.6. The van der Waals surface area contributed by atoms with Crippen molar-refractivity contribution in [1.82, 2.24) is 49.7 Å². The summed E-state index contributed by atoms with van der Waals surface area (Å²) < 4.78 is 72.0. The number of pyridine rings is 8. The van der Waals surface area contributed by atoms with Gasteiger partial charge in [-0.05, 0) is 102 Å². The number of halogens is 9. The Morgan fingerprint density at radius 3 is 1.07 bits per heavy atom. The Morgan fingerprint density at radius 2 is 0.766 bits per heavy atom. The summed E-state index contributed by atoms with van der Waals surface area (Å²) in [5.41, 5.74) is 35.4. The summed E-state index contributed by atoms with van der Waals surface area (Å²) >= 11 is 4.97. The first-order chi connectivity index (χ1) is 59.0. The number of aliphatic hydroxyl groups is 2. The van der Waals surface area contributed by atoms with Crippen LogP contribution in [0.3, 0.4) is 0 Å². The molecular weight excluding hydrogens is 1710 g/mol. The molecular formula is C85H102B3ClF8N19NaO11. The van der Waals surface area contributed by atoms with Crippen molar-refractivity contribution in [3.8, 4) is 0 Å². The number of rotatable bonds is 20. The molecule has 8 aromatic heterocycles. The summed E-state index contributed by atoms with van der Waals surface area (Å²) in [5.74, 6) is 0. The number of benzene rings is 4. The van der Waals surface area contributed by atoms with Crippen LogP contribution in [0.2, 0.25) is 0 Å². The molecule has 30 nitrogen and oxygen atoms in total. The van der Waals surface area contributed by atoms with Gasteiger partial charge in [-0.3, -0.25) is 86.9 Å². The quantitative estimate of drug-likeness (QED) is 0.00841. The van der Waals surface area contributed by atoms with E-state index in [1.807, 2.05) is 178 Å². The molecule has 128 heavy (non-hydrogen) atoms. The average Bonchev–Trinajstić information content (AvgIpc) is 0.834. The second-order valence-corrected chi connectivity index (χ2v) is 25.9. The van der Waals surface area contributed by atoms with Gasteiger partial charge in [0.05, 0.1) is 111 Å². The molecule has 0 saturated carbocycles. The number of fused-ring (bicyclic) bond motifs is 3. The summed E-state index contributed by atoms with van der Waals surface area (Å²) in [6.45, 7) is 10.9. The van der Waals surface area contributed by atoms with Crippen LogP contribution in [0.5, 0.6) is 0 Å². The first kappa shape index (κ1) is 119. The summed E-state index contributed by atoms with van der Waals surface area (Å²) in [6, 6.07) is 51.2. The fourth-order valence-corrected chi connectivity index (χ4v) is 9.56. The maximum absolute atomic E-state index is 11.8. The number of nitrogen functional groups attached to an aromatic ring is 4. The maximum atomic E-state index is 11.8. The molecule has 0 unspecified atom stereocenters. The van der Waals surface area contributed by atoms with Crippen LogP contribution in [-0.4, -0.2) is 197 Å². The molecule has 0 atom stereocenters. The van der Waals surface area contributed by atoms with Crippen molar-refractivity contribution in [2.24, 2.45) is 0 Å². The molecule has 0 fully saturated rings. The number of nitrogens with one attached hydrogen (secondary N) is 3. The Balaban J connectivity index is -0.000000697. The molecule has 0 aliphatic heterocycles. The topological polar surface area (TPSA) is 419 Å². The van der Waals surface area contributed by atoms with Gasteiger partial charge in [-0.2, -0.15) is 0 Å². The molecule has 0 bridgehead atoms. The van der Waals surface area contributed by atoms with Crippen LogP contribution in [-0.2, 0) is 58.6 Å². The minimum Gasteiger partial charge on any atom is -1.00 e. The Bertz CT molecular complexity index is 5200. The molecule has 43 heteroatoms. The van der Waals surface area contributed by atoms with E-state index < -0.39 is 39.1 Å². The van der Waals surface area contributed by atoms with Crippen molar-refractivity contribution in [3.63, 3.8) is 0 Å². The Hall–Kier alpha value is -13.3. The van der Waals surface area contributed by atoms with Gasteiger partial charge >= 0.3 is 68.6 Å². The van der Waals surface area contributed by atoms with Crippen LogP contribution in [0.25, 0.3) is 33.1 Å². The van der Waals surface area contributed by atoms with E-state index in [1.54, 1.807) is 79.5 Å². The monoisotopic (exact) mass is 1810 g/mol. The van der Waals surface area contributed by atoms with E-state index in [9.17, 15) is 45.6 Å². The Labute approximate surface area is 768 Å². The Kier molecular flexibility index (Phi) is 64.9. The maximum Gasteiger partial charge on any atom is 1.00 e. The summed E-state index contributed by atoms with van der Waals surface area (Å²) in [7, 11) is 7.46. The second-order valence-electron chi connectivity index (χ2n) is 25.6. The number of aliphatic hydroxyl groups excluding tert-OH is 2. The van der Waals surface area contributed by atoms with Crippen molar-refractivity contribution in [2.75, 3.05) is 101 Å². The number of nitrogens with two attached hydrogens (primary N) is 4. The summed E-state index contributed by atoms with van der Waals surface area (Å²) in [5, 5.41) is 25.7. The number of carbonyl (C=O) groups is 5. The minimum absolute atomic E-state index is 0. The van der Waals surface area contributed by atoms with Crippen LogP contribution in [0.15, 0.2) is 244 Å². The van der Waals surface area contributed by atoms with Crippen molar-refractivity contribution in [2.45, 2.75) is 60.4 Å². The zero-order valence-corrected chi connectivity index (χ0v) is 74.8. The fraction of sp³-hybridized carbons (Fsp3) is 0.212. The van der Waals surface area contributed by atoms with Gasteiger partial charge in [0.15, 0.2) is 18.7 Å². The van der Waals surface area contributed by atoms with Gasteiger partial charge in [0.25, 0.3) is 0 Å². The standard InChI is InChI=1S/C17H15N3O3.C17H13N3O3.C13H13N3O2.C10H21N3.C9H9N3O.C8H7ClO2.C6H15N.C5H7N3.BF3.BF2.B.3FH.Na.H/c2*21-10-13-6-15-16(18-8-13)7-14(9-19-15)20-17(22)23-11-12-4-2-1-3-5-12;14-11-6-12(8-15-7-11)16-13(17)18-9-10-4-2-1-3-5-10;1-11(2)7-10(8-12(3)4)9-13(5)6;10-7-2-9-8(12-4-7)1-6(5-13)3-11-9;9-8(10)11-6-7-4-2-1-3-5-7;1-4-7(5-2)6-3;6-4-1-5(7)3-8-2-4;2-1(3)4;2-1-3;;;;;;/h1-9,21H,10-11H2,(H,20,22);1-10H,11H2,(H,20,22);1-8H,9,14H2,(H,16,17);7-9H,1-6H3;1-4,13H,5,10H2;1-5H,6H2;4-6H2,1-3H3;1-3H,6-7H2;;;;3*1H;;/q;;;+2;;;;;;;;;;;+1;-1/p-2. The number of hydrogen-bond donors (Lipinski definition) is 9. The number of aldehydes is 1. The number of carbonyl (C=O) groups excluding carboxylic acids is 5. The first-order valence-electron chi connectivity index (χ1n) is 37.2. The van der Waals surface area contributed by atoms with Gasteiger partial charge in [-0.15, -0.1) is 0 Å². The van der Waals surface area contributed by atoms with Gasteiger partial charge in [0, 0.05) is 83.1 Å². The van der Waals surface area contributed by atoms with E-state index in [-0.39, 0.29) is 93.2 Å². The normalized spacial score (nSPS) is 9.30. The molecule has 12 aromatic rings. The van der Waals surface area contributed by atoms with E-state index in [4.69, 9.17) is 59.0 Å². The SMILES string of the molecule is CCN(CC)CC.CN(C)C=C(C=[N+](C)C)C=[N+](C)C.F.FB(F)F.F[B]F.Nc1cnc2cc(CO)cnc2c1.Nc1cncc(N)c1.Nc1cncc(NC(=O)OCc2ccccc2)c1.O=C(Cl)OCc1ccccc1.O=C(Nc1cnc2cc(CO)cnc2c1)OCc1ccccc1.O=Cc1cnc2cc(NC(=O)OCc3ccccc3)cnc2c1.[B].[F-].[F-].[H-].[Na+]. The van der Waals surface area contributed by atoms with Gasteiger partial charge in [0.1, 0.15) is 60.2 Å².